The maximum atomic E-state index is 12.5. The van der Waals surface area contributed by atoms with E-state index in [-0.39, 0.29) is 24.0 Å². The highest BCUT2D eigenvalue weighted by Crippen LogP contribution is 2.28. The van der Waals surface area contributed by atoms with Crippen LogP contribution in [-0.2, 0) is 14.3 Å². The lowest BCUT2D eigenvalue weighted by Gasteiger charge is -2.39. The van der Waals surface area contributed by atoms with E-state index >= 15 is 0 Å². The van der Waals surface area contributed by atoms with Crippen LogP contribution >= 0.6 is 0 Å². The Morgan fingerprint density at radius 3 is 2.90 bits per heavy atom. The van der Waals surface area contributed by atoms with Crippen LogP contribution in [0.2, 0.25) is 0 Å². The highest BCUT2D eigenvalue weighted by molar-refractivity contribution is 5.79. The average Bonchev–Trinajstić information content (AvgIpc) is 2.89. The summed E-state index contributed by atoms with van der Waals surface area (Å²) >= 11 is 0. The third-order valence-electron chi connectivity index (χ3n) is 4.41. The molecule has 0 bridgehead atoms. The fourth-order valence-corrected chi connectivity index (χ4v) is 3.34. The van der Waals surface area contributed by atoms with Crippen LogP contribution in [0.25, 0.3) is 0 Å². The first-order valence-electron chi connectivity index (χ1n) is 8.25. The van der Waals surface area contributed by atoms with Crippen LogP contribution in [0.1, 0.15) is 52.4 Å². The molecule has 2 atom stereocenters. The van der Waals surface area contributed by atoms with E-state index in [9.17, 15) is 9.59 Å². The van der Waals surface area contributed by atoms with E-state index < -0.39 is 0 Å². The van der Waals surface area contributed by atoms with Crippen molar-refractivity contribution in [3.63, 3.8) is 0 Å². The lowest BCUT2D eigenvalue weighted by Crippen LogP contribution is -2.48. The molecule has 5 nitrogen and oxygen atoms in total. The Labute approximate surface area is 127 Å². The van der Waals surface area contributed by atoms with Crippen LogP contribution in [0.4, 0.5) is 0 Å². The molecular weight excluding hydrogens is 268 g/mol. The molecule has 2 saturated heterocycles. The van der Waals surface area contributed by atoms with Gasteiger partial charge >= 0.3 is 0 Å². The molecule has 2 amide bonds. The predicted octanol–water partition coefficient (Wildman–Crippen LogP) is 1.71. The number of amides is 2. The maximum Gasteiger partial charge on any atom is 0.222 e. The summed E-state index contributed by atoms with van der Waals surface area (Å²) in [6.07, 6.45) is 5.41. The molecule has 2 aliphatic rings. The highest BCUT2D eigenvalue weighted by atomic mass is 16.5. The molecule has 0 unspecified atom stereocenters. The van der Waals surface area contributed by atoms with Crippen molar-refractivity contribution < 1.29 is 14.3 Å². The largest absolute Gasteiger partial charge is 0.379 e. The molecule has 2 heterocycles. The minimum atomic E-state index is 0.128. The topological polar surface area (TPSA) is 58.6 Å². The summed E-state index contributed by atoms with van der Waals surface area (Å²) < 4.78 is 5.49. The molecule has 2 aliphatic heterocycles. The predicted molar refractivity (Wildman–Crippen MR) is 80.8 cm³/mol. The molecule has 2 fully saturated rings. The minimum Gasteiger partial charge on any atom is -0.379 e. The van der Waals surface area contributed by atoms with Crippen LogP contribution < -0.4 is 5.32 Å². The zero-order valence-corrected chi connectivity index (χ0v) is 13.3. The molecule has 1 N–H and O–H groups in total. The molecular formula is C16H28N2O3. The van der Waals surface area contributed by atoms with E-state index in [2.05, 4.69) is 5.32 Å². The zero-order valence-electron chi connectivity index (χ0n) is 13.3. The number of piperidine rings is 1. The quantitative estimate of drug-likeness (QED) is 0.759. The van der Waals surface area contributed by atoms with E-state index in [0.29, 0.717) is 25.4 Å². The average molecular weight is 296 g/mol. The van der Waals surface area contributed by atoms with Crippen LogP contribution in [0.5, 0.6) is 0 Å². The van der Waals surface area contributed by atoms with E-state index in [1.54, 1.807) is 0 Å². The van der Waals surface area contributed by atoms with Gasteiger partial charge in [-0.25, -0.2) is 0 Å². The van der Waals surface area contributed by atoms with Gasteiger partial charge in [-0.2, -0.15) is 0 Å². The normalized spacial score (nSPS) is 26.2. The van der Waals surface area contributed by atoms with Gasteiger partial charge in [0.05, 0.1) is 6.10 Å². The van der Waals surface area contributed by atoms with E-state index in [1.165, 1.54) is 0 Å². The first kappa shape index (κ1) is 16.3. The lowest BCUT2D eigenvalue weighted by atomic mass is 9.89. The molecule has 0 saturated carbocycles. The number of ether oxygens (including phenoxy) is 1. The van der Waals surface area contributed by atoms with Gasteiger partial charge in [0.1, 0.15) is 0 Å². The number of carbonyl (C=O) groups is 2. The Morgan fingerprint density at radius 1 is 1.43 bits per heavy atom. The maximum absolute atomic E-state index is 12.5. The fourth-order valence-electron chi connectivity index (χ4n) is 3.34. The molecule has 0 spiro atoms. The molecule has 0 aromatic heterocycles. The van der Waals surface area contributed by atoms with Gasteiger partial charge in [-0.05, 0) is 39.5 Å². The molecule has 21 heavy (non-hydrogen) atoms. The van der Waals surface area contributed by atoms with Crippen molar-refractivity contribution in [3.8, 4) is 0 Å². The summed E-state index contributed by atoms with van der Waals surface area (Å²) in [5.41, 5.74) is 0. The Bertz CT molecular complexity index is 371. The number of nitrogens with zero attached hydrogens (tertiary/aromatic N) is 1. The Kier molecular flexibility index (Phi) is 6.03. The number of likely N-dealkylation sites (tertiary alicyclic amines) is 1. The van der Waals surface area contributed by atoms with Crippen LogP contribution in [0.15, 0.2) is 0 Å². The van der Waals surface area contributed by atoms with Crippen molar-refractivity contribution in [1.82, 2.24) is 10.2 Å². The van der Waals surface area contributed by atoms with Gasteiger partial charge in [-0.15, -0.1) is 0 Å². The van der Waals surface area contributed by atoms with Gasteiger partial charge in [0, 0.05) is 44.5 Å². The Morgan fingerprint density at radius 2 is 2.24 bits per heavy atom. The molecule has 0 aromatic rings. The first-order valence-corrected chi connectivity index (χ1v) is 8.25. The summed E-state index contributed by atoms with van der Waals surface area (Å²) in [7, 11) is 0. The van der Waals surface area contributed by atoms with Crippen molar-refractivity contribution in [2.24, 2.45) is 5.92 Å². The fraction of sp³-hybridized carbons (Fsp3) is 0.875. The van der Waals surface area contributed by atoms with E-state index in [0.717, 1.165) is 38.8 Å². The summed E-state index contributed by atoms with van der Waals surface area (Å²) in [4.78, 5) is 25.9. The summed E-state index contributed by atoms with van der Waals surface area (Å²) in [5, 5.41) is 2.89. The third kappa shape index (κ3) is 4.70. The van der Waals surface area contributed by atoms with Gasteiger partial charge in [0.25, 0.3) is 0 Å². The lowest BCUT2D eigenvalue weighted by molar-refractivity contribution is -0.137. The number of hydrogen-bond acceptors (Lipinski definition) is 3. The Hall–Kier alpha value is -1.10. The van der Waals surface area contributed by atoms with Gasteiger partial charge in [-0.1, -0.05) is 0 Å². The number of hydrogen-bond donors (Lipinski definition) is 1. The van der Waals surface area contributed by atoms with Crippen LogP contribution in [0, 0.1) is 5.92 Å². The smallest absolute Gasteiger partial charge is 0.222 e. The zero-order chi connectivity index (χ0) is 15.2. The Balaban J connectivity index is 1.83. The first-order chi connectivity index (χ1) is 10.1. The molecule has 5 heteroatoms. The summed E-state index contributed by atoms with van der Waals surface area (Å²) in [6.45, 7) is 6.23. The van der Waals surface area contributed by atoms with Gasteiger partial charge in [0.15, 0.2) is 0 Å². The van der Waals surface area contributed by atoms with Crippen molar-refractivity contribution in [2.75, 3.05) is 19.7 Å². The van der Waals surface area contributed by atoms with Crippen molar-refractivity contribution in [2.45, 2.75) is 64.5 Å². The SMILES string of the molecule is CC(C)OCCCC(=O)N1CCCC[C@@H]1[C@@H]1CNC(=O)C1. The van der Waals surface area contributed by atoms with Crippen LogP contribution in [-0.4, -0.2) is 48.6 Å². The van der Waals surface area contributed by atoms with Gasteiger partial charge < -0.3 is 15.0 Å². The molecule has 2 rings (SSSR count). The second-order valence-corrected chi connectivity index (χ2v) is 6.44. The molecule has 0 aliphatic carbocycles. The monoisotopic (exact) mass is 296 g/mol. The van der Waals surface area contributed by atoms with Crippen LogP contribution in [0.3, 0.4) is 0 Å². The molecule has 0 aromatic carbocycles. The number of rotatable bonds is 6. The van der Waals surface area contributed by atoms with Crippen molar-refractivity contribution >= 4 is 11.8 Å². The van der Waals surface area contributed by atoms with Gasteiger partial charge in [-0.3, -0.25) is 9.59 Å². The third-order valence-corrected chi connectivity index (χ3v) is 4.41. The summed E-state index contributed by atoms with van der Waals surface area (Å²) in [5.74, 6) is 0.656. The highest BCUT2D eigenvalue weighted by Gasteiger charge is 2.36. The standard InChI is InChI=1S/C16H28N2O3/c1-12(2)21-9-5-7-16(20)18-8-4-3-6-14(18)13-10-15(19)17-11-13/h12-14H,3-11H2,1-2H3,(H,17,19)/t13-,14+/m0/s1. The van der Waals surface area contributed by atoms with Crippen molar-refractivity contribution in [1.29, 1.82) is 0 Å². The second-order valence-electron chi connectivity index (χ2n) is 6.44. The molecule has 0 radical (unpaired) electrons. The minimum absolute atomic E-state index is 0.128. The number of nitrogens with one attached hydrogen (secondary N) is 1. The second kappa shape index (κ2) is 7.78. The van der Waals surface area contributed by atoms with Crippen molar-refractivity contribution in [3.05, 3.63) is 0 Å². The molecule has 120 valence electrons. The van der Waals surface area contributed by atoms with E-state index in [1.807, 2.05) is 18.7 Å². The number of carbonyl (C=O) groups excluding carboxylic acids is 2. The van der Waals surface area contributed by atoms with E-state index in [4.69, 9.17) is 4.74 Å². The van der Waals surface area contributed by atoms with Gasteiger partial charge in [0.2, 0.25) is 11.8 Å². The summed E-state index contributed by atoms with van der Waals surface area (Å²) in [6, 6.07) is 0.246.